The number of rotatable bonds is 3. The van der Waals surface area contributed by atoms with Gasteiger partial charge in [0.25, 0.3) is 0 Å². The van der Waals surface area contributed by atoms with E-state index in [1.165, 1.54) is 11.3 Å². The lowest BCUT2D eigenvalue weighted by molar-refractivity contribution is 0.0989. The van der Waals surface area contributed by atoms with Crippen LogP contribution in [0.4, 0.5) is 0 Å². The quantitative estimate of drug-likeness (QED) is 0.718. The zero-order chi connectivity index (χ0) is 9.80. The summed E-state index contributed by atoms with van der Waals surface area (Å²) >= 11 is 1.43. The van der Waals surface area contributed by atoms with E-state index < -0.39 is 0 Å². The summed E-state index contributed by atoms with van der Waals surface area (Å²) < 4.78 is 0. The van der Waals surface area contributed by atoms with Gasteiger partial charge >= 0.3 is 0 Å². The Labute approximate surface area is 85.5 Å². The standard InChI is InChI=1S/C10H8N2OS/c13-10(9-6-14-7-12-9)4-8-2-1-3-11-5-8/h1-3,5-7H,4H2. The van der Waals surface area contributed by atoms with Crippen LogP contribution in [0.3, 0.4) is 0 Å². The van der Waals surface area contributed by atoms with E-state index in [9.17, 15) is 4.79 Å². The molecular weight excluding hydrogens is 196 g/mol. The van der Waals surface area contributed by atoms with Gasteiger partial charge in [-0.05, 0) is 11.6 Å². The van der Waals surface area contributed by atoms with E-state index in [2.05, 4.69) is 9.97 Å². The molecule has 0 radical (unpaired) electrons. The highest BCUT2D eigenvalue weighted by molar-refractivity contribution is 7.07. The highest BCUT2D eigenvalue weighted by Crippen LogP contribution is 2.06. The maximum Gasteiger partial charge on any atom is 0.186 e. The molecule has 0 amide bonds. The zero-order valence-electron chi connectivity index (χ0n) is 7.38. The van der Waals surface area contributed by atoms with Crippen molar-refractivity contribution >= 4 is 17.1 Å². The van der Waals surface area contributed by atoms with E-state index in [4.69, 9.17) is 0 Å². The van der Waals surface area contributed by atoms with Gasteiger partial charge < -0.3 is 0 Å². The minimum Gasteiger partial charge on any atom is -0.292 e. The fourth-order valence-electron chi connectivity index (χ4n) is 1.13. The molecule has 14 heavy (non-hydrogen) atoms. The van der Waals surface area contributed by atoms with Crippen molar-refractivity contribution in [1.82, 2.24) is 9.97 Å². The fraction of sp³-hybridized carbons (Fsp3) is 0.100. The SMILES string of the molecule is O=C(Cc1cccnc1)c1cscn1. The van der Waals surface area contributed by atoms with Crippen LogP contribution >= 0.6 is 11.3 Å². The van der Waals surface area contributed by atoms with Gasteiger partial charge in [-0.15, -0.1) is 11.3 Å². The van der Waals surface area contributed by atoms with E-state index in [1.54, 1.807) is 23.3 Å². The first-order valence-corrected chi connectivity index (χ1v) is 5.11. The van der Waals surface area contributed by atoms with Crippen LogP contribution in [-0.4, -0.2) is 15.8 Å². The molecule has 0 aliphatic rings. The highest BCUT2D eigenvalue weighted by Gasteiger charge is 2.08. The van der Waals surface area contributed by atoms with E-state index >= 15 is 0 Å². The van der Waals surface area contributed by atoms with Gasteiger partial charge in [0, 0.05) is 24.2 Å². The van der Waals surface area contributed by atoms with Crippen molar-refractivity contribution in [2.45, 2.75) is 6.42 Å². The van der Waals surface area contributed by atoms with Crippen molar-refractivity contribution in [3.63, 3.8) is 0 Å². The van der Waals surface area contributed by atoms with Crippen LogP contribution in [0.1, 0.15) is 16.1 Å². The zero-order valence-corrected chi connectivity index (χ0v) is 8.20. The second kappa shape index (κ2) is 4.11. The van der Waals surface area contributed by atoms with Gasteiger partial charge in [-0.1, -0.05) is 6.07 Å². The van der Waals surface area contributed by atoms with Crippen LogP contribution in [0.15, 0.2) is 35.4 Å². The van der Waals surface area contributed by atoms with Crippen molar-refractivity contribution in [3.05, 3.63) is 46.7 Å². The summed E-state index contributed by atoms with van der Waals surface area (Å²) in [6.07, 6.45) is 3.76. The van der Waals surface area contributed by atoms with Gasteiger partial charge in [-0.25, -0.2) is 4.98 Å². The predicted octanol–water partition coefficient (Wildman–Crippen LogP) is 1.96. The topological polar surface area (TPSA) is 42.9 Å². The maximum atomic E-state index is 11.6. The minimum absolute atomic E-state index is 0.0410. The van der Waals surface area contributed by atoms with Gasteiger partial charge in [-0.3, -0.25) is 9.78 Å². The van der Waals surface area contributed by atoms with Crippen LogP contribution < -0.4 is 0 Å². The Kier molecular flexibility index (Phi) is 2.65. The Morgan fingerprint density at radius 2 is 2.43 bits per heavy atom. The molecule has 2 rings (SSSR count). The molecule has 0 bridgehead atoms. The maximum absolute atomic E-state index is 11.6. The molecule has 2 aromatic rings. The molecule has 0 N–H and O–H groups in total. The van der Waals surface area contributed by atoms with Crippen LogP contribution in [0, 0.1) is 0 Å². The number of thiazole rings is 1. The smallest absolute Gasteiger partial charge is 0.186 e. The van der Waals surface area contributed by atoms with Crippen LogP contribution in [0.5, 0.6) is 0 Å². The molecular formula is C10H8N2OS. The van der Waals surface area contributed by atoms with Crippen LogP contribution in [0.2, 0.25) is 0 Å². The molecule has 70 valence electrons. The second-order valence-corrected chi connectivity index (χ2v) is 3.55. The number of nitrogens with zero attached hydrogens (tertiary/aromatic N) is 2. The molecule has 0 saturated carbocycles. The first-order chi connectivity index (χ1) is 6.86. The van der Waals surface area contributed by atoms with Crippen molar-refractivity contribution in [3.8, 4) is 0 Å². The molecule has 0 fully saturated rings. The summed E-state index contributed by atoms with van der Waals surface area (Å²) in [5.41, 5.74) is 3.13. The Bertz CT molecular complexity index is 411. The third kappa shape index (κ3) is 2.03. The monoisotopic (exact) mass is 204 g/mol. The largest absolute Gasteiger partial charge is 0.292 e. The lowest BCUT2D eigenvalue weighted by Crippen LogP contribution is -2.03. The lowest BCUT2D eigenvalue weighted by atomic mass is 10.1. The average Bonchev–Trinajstić information content (AvgIpc) is 2.72. The van der Waals surface area contributed by atoms with Gasteiger partial charge in [-0.2, -0.15) is 0 Å². The number of Topliss-reactive ketones (excluding diaryl/α,β-unsaturated/α-hetero) is 1. The third-order valence-electron chi connectivity index (χ3n) is 1.81. The predicted molar refractivity (Wildman–Crippen MR) is 54.4 cm³/mol. The van der Waals surface area contributed by atoms with Crippen molar-refractivity contribution in [1.29, 1.82) is 0 Å². The van der Waals surface area contributed by atoms with Crippen LogP contribution in [-0.2, 0) is 6.42 Å². The summed E-state index contributed by atoms with van der Waals surface area (Å²) in [6.45, 7) is 0. The molecule has 0 saturated heterocycles. The summed E-state index contributed by atoms with van der Waals surface area (Å²) in [6, 6.07) is 3.71. The Morgan fingerprint density at radius 1 is 1.50 bits per heavy atom. The molecule has 0 aromatic carbocycles. The van der Waals surface area contributed by atoms with E-state index in [-0.39, 0.29) is 5.78 Å². The fourth-order valence-corrected chi connectivity index (χ4v) is 1.69. The summed E-state index contributed by atoms with van der Waals surface area (Å²) in [5.74, 6) is 0.0410. The number of aromatic nitrogens is 2. The summed E-state index contributed by atoms with van der Waals surface area (Å²) in [4.78, 5) is 19.5. The molecule has 0 aliphatic heterocycles. The van der Waals surface area contributed by atoms with E-state index in [1.807, 2.05) is 12.1 Å². The summed E-state index contributed by atoms with van der Waals surface area (Å²) in [7, 11) is 0. The summed E-state index contributed by atoms with van der Waals surface area (Å²) in [5, 5.41) is 1.76. The number of hydrogen-bond donors (Lipinski definition) is 0. The molecule has 0 unspecified atom stereocenters. The van der Waals surface area contributed by atoms with Gasteiger partial charge in [0.1, 0.15) is 5.69 Å². The minimum atomic E-state index is 0.0410. The molecule has 0 aliphatic carbocycles. The van der Waals surface area contributed by atoms with Crippen molar-refractivity contribution < 1.29 is 4.79 Å². The molecule has 2 aromatic heterocycles. The van der Waals surface area contributed by atoms with Crippen molar-refractivity contribution in [2.75, 3.05) is 0 Å². The van der Waals surface area contributed by atoms with Crippen molar-refractivity contribution in [2.24, 2.45) is 0 Å². The third-order valence-corrected chi connectivity index (χ3v) is 2.39. The van der Waals surface area contributed by atoms with Gasteiger partial charge in [0.05, 0.1) is 5.51 Å². The number of carbonyl (C=O) groups is 1. The van der Waals surface area contributed by atoms with Gasteiger partial charge in [0.2, 0.25) is 0 Å². The van der Waals surface area contributed by atoms with Gasteiger partial charge in [0.15, 0.2) is 5.78 Å². The number of pyridine rings is 1. The molecule has 3 nitrogen and oxygen atoms in total. The molecule has 0 spiro atoms. The first kappa shape index (κ1) is 9.02. The Balaban J connectivity index is 2.10. The molecule has 2 heterocycles. The average molecular weight is 204 g/mol. The second-order valence-electron chi connectivity index (χ2n) is 2.83. The number of carbonyl (C=O) groups excluding carboxylic acids is 1. The number of ketones is 1. The molecule has 4 heteroatoms. The van der Waals surface area contributed by atoms with E-state index in [0.29, 0.717) is 12.1 Å². The lowest BCUT2D eigenvalue weighted by Gasteiger charge is -1.96. The Hall–Kier alpha value is -1.55. The normalized spacial score (nSPS) is 10.0. The molecule has 0 atom stereocenters. The highest BCUT2D eigenvalue weighted by atomic mass is 32.1. The first-order valence-electron chi connectivity index (χ1n) is 4.16. The number of hydrogen-bond acceptors (Lipinski definition) is 4. The Morgan fingerprint density at radius 3 is 3.07 bits per heavy atom. The van der Waals surface area contributed by atoms with Crippen LogP contribution in [0.25, 0.3) is 0 Å². The van der Waals surface area contributed by atoms with E-state index in [0.717, 1.165) is 5.56 Å².